The van der Waals surface area contributed by atoms with Crippen molar-refractivity contribution in [1.29, 1.82) is 0 Å². The van der Waals surface area contributed by atoms with Gasteiger partial charge in [0.05, 0.1) is 25.7 Å². The number of hydrogen-bond donors (Lipinski definition) is 2. The quantitative estimate of drug-likeness (QED) is 0.758. The van der Waals surface area contributed by atoms with E-state index in [-0.39, 0.29) is 12.4 Å². The summed E-state index contributed by atoms with van der Waals surface area (Å²) in [5, 5.41) is 17.4. The summed E-state index contributed by atoms with van der Waals surface area (Å²) in [7, 11) is 5.47. The maximum absolute atomic E-state index is 12.3. The van der Waals surface area contributed by atoms with E-state index >= 15 is 0 Å². The fraction of sp³-hybridized carbons (Fsp3) is 0.529. The number of amides is 1. The van der Waals surface area contributed by atoms with Crippen LogP contribution in [0.5, 0.6) is 5.75 Å². The van der Waals surface area contributed by atoms with Gasteiger partial charge in [0.1, 0.15) is 5.75 Å². The number of nitrogens with zero attached hydrogens (tertiary/aromatic N) is 2. The Balaban J connectivity index is 0.000000891. The molecule has 1 aliphatic heterocycles. The maximum atomic E-state index is 12.3. The van der Waals surface area contributed by atoms with Crippen LogP contribution in [0.3, 0.4) is 0 Å². The third-order valence-electron chi connectivity index (χ3n) is 3.79. The van der Waals surface area contributed by atoms with Crippen LogP contribution in [0.1, 0.15) is 12.0 Å². The van der Waals surface area contributed by atoms with Gasteiger partial charge < -0.3 is 24.7 Å². The van der Waals surface area contributed by atoms with Crippen molar-refractivity contribution in [3.8, 4) is 5.75 Å². The Morgan fingerprint density at radius 2 is 2.12 bits per heavy atom. The third kappa shape index (κ3) is 6.17. The van der Waals surface area contributed by atoms with Gasteiger partial charge in [-0.3, -0.25) is 9.59 Å². The molecule has 0 bridgehead atoms. The number of hydrogen-bond acceptors (Lipinski definition) is 5. The van der Waals surface area contributed by atoms with Crippen molar-refractivity contribution < 1.29 is 24.5 Å². The average molecular weight is 338 g/mol. The van der Waals surface area contributed by atoms with Crippen LogP contribution in [-0.2, 0) is 16.0 Å². The van der Waals surface area contributed by atoms with E-state index in [2.05, 4.69) is 0 Å². The fourth-order valence-corrected chi connectivity index (χ4v) is 2.86. The monoisotopic (exact) mass is 338 g/mol. The van der Waals surface area contributed by atoms with Gasteiger partial charge in [-0.05, 0) is 38.2 Å². The zero-order valence-electron chi connectivity index (χ0n) is 14.4. The Bertz CT molecular complexity index is 550. The summed E-state index contributed by atoms with van der Waals surface area (Å²) in [6.45, 7) is 1.36. The first-order valence-corrected chi connectivity index (χ1v) is 7.69. The second-order valence-corrected chi connectivity index (χ2v) is 6.16. The van der Waals surface area contributed by atoms with E-state index in [0.29, 0.717) is 32.5 Å². The van der Waals surface area contributed by atoms with Gasteiger partial charge >= 0.3 is 0 Å². The highest BCUT2D eigenvalue weighted by Crippen LogP contribution is 2.23. The number of aliphatic hydroxyl groups is 1. The van der Waals surface area contributed by atoms with Crippen LogP contribution in [0.2, 0.25) is 0 Å². The van der Waals surface area contributed by atoms with Gasteiger partial charge in [-0.1, -0.05) is 12.1 Å². The van der Waals surface area contributed by atoms with Gasteiger partial charge in [-0.25, -0.2) is 0 Å². The van der Waals surface area contributed by atoms with E-state index in [1.807, 2.05) is 43.3 Å². The third-order valence-corrected chi connectivity index (χ3v) is 3.79. The number of carbonyl (C=O) groups excluding carboxylic acids is 1. The first kappa shape index (κ1) is 19.9. The molecule has 0 saturated carbocycles. The molecule has 134 valence electrons. The Kier molecular flexibility index (Phi) is 7.67. The fourth-order valence-electron chi connectivity index (χ4n) is 2.86. The van der Waals surface area contributed by atoms with Crippen molar-refractivity contribution in [2.75, 3.05) is 40.8 Å². The number of likely N-dealkylation sites (N-methyl/N-ethyl adjacent to an activating group) is 1. The highest BCUT2D eigenvalue weighted by Gasteiger charge is 2.38. The average Bonchev–Trinajstić information content (AvgIpc) is 2.89. The molecule has 1 heterocycles. The zero-order chi connectivity index (χ0) is 18.2. The van der Waals surface area contributed by atoms with Gasteiger partial charge in [0.2, 0.25) is 5.91 Å². The molecule has 0 aromatic heterocycles. The minimum atomic E-state index is -0.784. The number of rotatable bonds is 5. The predicted molar refractivity (Wildman–Crippen MR) is 90.1 cm³/mol. The van der Waals surface area contributed by atoms with E-state index in [1.165, 1.54) is 0 Å². The van der Waals surface area contributed by atoms with E-state index < -0.39 is 5.60 Å². The van der Waals surface area contributed by atoms with Gasteiger partial charge in [0.25, 0.3) is 6.47 Å². The second kappa shape index (κ2) is 9.24. The molecule has 2 rings (SSSR count). The number of likely N-dealkylation sites (tertiary alicyclic amines) is 1. The zero-order valence-corrected chi connectivity index (χ0v) is 14.4. The SMILES string of the molecule is COc1cccc(CC(=O)N2CCC(O)(CN(C)C)C2)c1.O=CO. The molecule has 0 radical (unpaired) electrons. The number of carbonyl (C=O) groups is 2. The Morgan fingerprint density at radius 3 is 2.71 bits per heavy atom. The number of methoxy groups -OCH3 is 1. The minimum Gasteiger partial charge on any atom is -0.497 e. The van der Waals surface area contributed by atoms with Gasteiger partial charge in [-0.2, -0.15) is 0 Å². The number of carboxylic acid groups (broad SMARTS) is 1. The van der Waals surface area contributed by atoms with Crippen LogP contribution in [0.15, 0.2) is 24.3 Å². The van der Waals surface area contributed by atoms with E-state index in [9.17, 15) is 9.90 Å². The molecule has 1 atom stereocenters. The summed E-state index contributed by atoms with van der Waals surface area (Å²) < 4.78 is 5.17. The van der Waals surface area contributed by atoms with Crippen LogP contribution < -0.4 is 4.74 Å². The summed E-state index contributed by atoms with van der Waals surface area (Å²) in [6.07, 6.45) is 0.976. The van der Waals surface area contributed by atoms with E-state index in [1.54, 1.807) is 12.0 Å². The van der Waals surface area contributed by atoms with Gasteiger partial charge in [-0.15, -0.1) is 0 Å². The van der Waals surface area contributed by atoms with Crippen molar-refractivity contribution in [1.82, 2.24) is 9.80 Å². The van der Waals surface area contributed by atoms with Crippen molar-refractivity contribution in [2.45, 2.75) is 18.4 Å². The maximum Gasteiger partial charge on any atom is 0.290 e. The summed E-state index contributed by atoms with van der Waals surface area (Å²) in [6, 6.07) is 7.54. The molecule has 1 fully saturated rings. The molecule has 1 saturated heterocycles. The molecule has 1 unspecified atom stereocenters. The number of β-amino-alcohol motifs (C(OH)–C–C–N with tert-alkyl or cyclic N) is 1. The molecule has 1 aliphatic rings. The largest absolute Gasteiger partial charge is 0.497 e. The lowest BCUT2D eigenvalue weighted by molar-refractivity contribution is -0.130. The second-order valence-electron chi connectivity index (χ2n) is 6.16. The molecule has 1 aromatic carbocycles. The van der Waals surface area contributed by atoms with Crippen molar-refractivity contribution in [3.05, 3.63) is 29.8 Å². The molecule has 1 amide bonds. The van der Waals surface area contributed by atoms with Crippen LogP contribution in [0, 0.1) is 0 Å². The minimum absolute atomic E-state index is 0.0536. The van der Waals surface area contributed by atoms with E-state index in [0.717, 1.165) is 11.3 Å². The molecule has 0 aliphatic carbocycles. The molecular formula is C17H26N2O5. The Morgan fingerprint density at radius 1 is 1.46 bits per heavy atom. The first-order chi connectivity index (χ1) is 11.3. The molecule has 7 nitrogen and oxygen atoms in total. The summed E-state index contributed by atoms with van der Waals surface area (Å²) in [4.78, 5) is 24.4. The molecule has 1 aromatic rings. The number of benzene rings is 1. The van der Waals surface area contributed by atoms with E-state index in [4.69, 9.17) is 14.6 Å². The van der Waals surface area contributed by atoms with Gasteiger partial charge in [0.15, 0.2) is 0 Å². The smallest absolute Gasteiger partial charge is 0.290 e. The number of ether oxygens (including phenoxy) is 1. The molecule has 24 heavy (non-hydrogen) atoms. The highest BCUT2D eigenvalue weighted by molar-refractivity contribution is 5.79. The van der Waals surface area contributed by atoms with Crippen molar-refractivity contribution in [3.63, 3.8) is 0 Å². The molecule has 0 spiro atoms. The topological polar surface area (TPSA) is 90.3 Å². The lowest BCUT2D eigenvalue weighted by atomic mass is 10.0. The standard InChI is InChI=1S/C16H24N2O3.CH2O2/c1-17(2)11-16(20)7-8-18(12-16)15(19)10-13-5-4-6-14(9-13)21-3;2-1-3/h4-6,9,20H,7-8,10-12H2,1-3H3;1H,(H,2,3). The first-order valence-electron chi connectivity index (χ1n) is 7.69. The summed E-state index contributed by atoms with van der Waals surface area (Å²) >= 11 is 0. The van der Waals surface area contributed by atoms with Crippen LogP contribution >= 0.6 is 0 Å². The highest BCUT2D eigenvalue weighted by atomic mass is 16.5. The van der Waals surface area contributed by atoms with Crippen LogP contribution in [0.25, 0.3) is 0 Å². The molecule has 7 heteroatoms. The van der Waals surface area contributed by atoms with Crippen molar-refractivity contribution >= 4 is 12.4 Å². The van der Waals surface area contributed by atoms with Crippen molar-refractivity contribution in [2.24, 2.45) is 0 Å². The normalized spacial score (nSPS) is 19.6. The molecular weight excluding hydrogens is 312 g/mol. The summed E-state index contributed by atoms with van der Waals surface area (Å²) in [5.74, 6) is 0.809. The van der Waals surface area contributed by atoms with Gasteiger partial charge in [0, 0.05) is 13.1 Å². The Labute approximate surface area is 142 Å². The Hall–Kier alpha value is -2.12. The lowest BCUT2D eigenvalue weighted by Gasteiger charge is -2.26. The summed E-state index contributed by atoms with van der Waals surface area (Å²) in [5.41, 5.74) is 0.149. The van der Waals surface area contributed by atoms with Crippen LogP contribution in [-0.4, -0.2) is 78.8 Å². The predicted octanol–water partition coefficient (Wildman–Crippen LogP) is 0.464. The molecule has 2 N–H and O–H groups in total. The van der Waals surface area contributed by atoms with Crippen LogP contribution in [0.4, 0.5) is 0 Å². The lowest BCUT2D eigenvalue weighted by Crippen LogP contribution is -2.43.